The Morgan fingerprint density at radius 3 is 2.55 bits per heavy atom. The predicted molar refractivity (Wildman–Crippen MR) is 118 cm³/mol. The molecule has 3 aromatic rings. The van der Waals surface area contributed by atoms with Gasteiger partial charge in [0, 0.05) is 36.4 Å². The summed E-state index contributed by atoms with van der Waals surface area (Å²) in [6.07, 6.45) is 2.54. The van der Waals surface area contributed by atoms with Crippen LogP contribution in [0.1, 0.15) is 23.0 Å². The summed E-state index contributed by atoms with van der Waals surface area (Å²) in [7, 11) is -3.29. The van der Waals surface area contributed by atoms with Crippen molar-refractivity contribution in [2.75, 3.05) is 19.4 Å². The average Bonchev–Trinajstić information content (AvgIpc) is 3.23. The fourth-order valence-electron chi connectivity index (χ4n) is 2.99. The maximum atomic E-state index is 13.1. The van der Waals surface area contributed by atoms with Crippen molar-refractivity contribution in [1.29, 1.82) is 0 Å². The van der Waals surface area contributed by atoms with Crippen LogP contribution < -0.4 is 4.74 Å². The molecule has 1 aromatic heterocycles. The average molecular weight is 441 g/mol. The summed E-state index contributed by atoms with van der Waals surface area (Å²) in [5, 5.41) is 5.13. The standard InChI is InChI=1S/C23H24N2O5S/c1-3-29-21-13-8-7-12-19(21)20-16-22(30-24-20)23(26)25(14-9-15-31(2,27)28)17-18-10-5-4-6-11-18/h4-13,15-16H,3,14,17H2,1-2H3/b15-9+. The molecule has 0 bridgehead atoms. The monoisotopic (exact) mass is 440 g/mol. The lowest BCUT2D eigenvalue weighted by Crippen LogP contribution is -2.30. The van der Waals surface area contributed by atoms with Crippen LogP contribution >= 0.6 is 0 Å². The van der Waals surface area contributed by atoms with Crippen LogP contribution in [-0.4, -0.2) is 43.8 Å². The van der Waals surface area contributed by atoms with Crippen molar-refractivity contribution < 1.29 is 22.5 Å². The number of carbonyl (C=O) groups excluding carboxylic acids is 1. The van der Waals surface area contributed by atoms with Gasteiger partial charge in [0.1, 0.15) is 11.4 Å². The Balaban J connectivity index is 1.86. The lowest BCUT2D eigenvalue weighted by molar-refractivity contribution is 0.0720. The molecule has 2 aromatic carbocycles. The largest absolute Gasteiger partial charge is 0.493 e. The molecule has 8 heteroatoms. The minimum Gasteiger partial charge on any atom is -0.493 e. The van der Waals surface area contributed by atoms with Crippen LogP contribution in [0, 0.1) is 0 Å². The number of ether oxygens (including phenoxy) is 1. The SMILES string of the molecule is CCOc1ccccc1-c1cc(C(=O)N(C/C=C/S(C)(=O)=O)Cc2ccccc2)on1. The van der Waals surface area contributed by atoms with Crippen molar-refractivity contribution in [2.24, 2.45) is 0 Å². The molecule has 0 radical (unpaired) electrons. The first-order chi connectivity index (χ1) is 14.9. The highest BCUT2D eigenvalue weighted by atomic mass is 32.2. The van der Waals surface area contributed by atoms with E-state index in [0.29, 0.717) is 24.6 Å². The normalized spacial score (nSPS) is 11.5. The van der Waals surface area contributed by atoms with Crippen molar-refractivity contribution in [3.8, 4) is 17.0 Å². The molecule has 162 valence electrons. The molecule has 31 heavy (non-hydrogen) atoms. The lowest BCUT2D eigenvalue weighted by atomic mass is 10.1. The molecule has 0 aliphatic carbocycles. The molecule has 7 nitrogen and oxygen atoms in total. The Morgan fingerprint density at radius 2 is 1.84 bits per heavy atom. The number of nitrogens with zero attached hydrogens (tertiary/aromatic N) is 2. The summed E-state index contributed by atoms with van der Waals surface area (Å²) < 4.78 is 33.8. The molecule has 0 atom stereocenters. The maximum absolute atomic E-state index is 13.1. The van der Waals surface area contributed by atoms with Crippen molar-refractivity contribution in [2.45, 2.75) is 13.5 Å². The molecule has 0 aliphatic rings. The first-order valence-corrected chi connectivity index (χ1v) is 11.7. The molecule has 0 N–H and O–H groups in total. The van der Waals surface area contributed by atoms with E-state index in [0.717, 1.165) is 22.8 Å². The zero-order valence-electron chi connectivity index (χ0n) is 17.4. The van der Waals surface area contributed by atoms with Gasteiger partial charge in [-0.15, -0.1) is 0 Å². The first kappa shape index (κ1) is 22.3. The highest BCUT2D eigenvalue weighted by Crippen LogP contribution is 2.29. The fourth-order valence-corrected chi connectivity index (χ4v) is 3.42. The third kappa shape index (κ3) is 6.29. The van der Waals surface area contributed by atoms with Crippen LogP contribution in [0.4, 0.5) is 0 Å². The van der Waals surface area contributed by atoms with E-state index >= 15 is 0 Å². The van der Waals surface area contributed by atoms with Gasteiger partial charge in [-0.1, -0.05) is 53.7 Å². The highest BCUT2D eigenvalue weighted by molar-refractivity contribution is 7.93. The second-order valence-electron chi connectivity index (χ2n) is 6.88. The van der Waals surface area contributed by atoms with Crippen molar-refractivity contribution in [1.82, 2.24) is 10.1 Å². The molecular weight excluding hydrogens is 416 g/mol. The van der Waals surface area contributed by atoms with Gasteiger partial charge < -0.3 is 14.2 Å². The predicted octanol–water partition coefficient (Wildman–Crippen LogP) is 3.94. The smallest absolute Gasteiger partial charge is 0.293 e. The van der Waals surface area contributed by atoms with E-state index in [4.69, 9.17) is 9.26 Å². The summed E-state index contributed by atoms with van der Waals surface area (Å²) in [4.78, 5) is 14.6. The Kier molecular flexibility index (Phi) is 7.25. The summed E-state index contributed by atoms with van der Waals surface area (Å²) in [6, 6.07) is 18.4. The van der Waals surface area contributed by atoms with Crippen LogP contribution in [0.15, 0.2) is 76.7 Å². The molecule has 0 aliphatic heterocycles. The van der Waals surface area contributed by atoms with Gasteiger partial charge in [0.05, 0.1) is 6.61 Å². The van der Waals surface area contributed by atoms with E-state index in [1.54, 1.807) is 6.07 Å². The quantitative estimate of drug-likeness (QED) is 0.501. The second kappa shape index (κ2) is 10.1. The van der Waals surface area contributed by atoms with E-state index < -0.39 is 15.7 Å². The minimum absolute atomic E-state index is 0.0602. The molecular formula is C23H24N2O5S. The number of sulfone groups is 1. The van der Waals surface area contributed by atoms with Gasteiger partial charge in [-0.3, -0.25) is 4.79 Å². The fraction of sp³-hybridized carbons (Fsp3) is 0.217. The van der Waals surface area contributed by atoms with Crippen LogP contribution in [0.3, 0.4) is 0 Å². The first-order valence-electron chi connectivity index (χ1n) is 9.76. The highest BCUT2D eigenvalue weighted by Gasteiger charge is 2.22. The zero-order chi connectivity index (χ0) is 22.3. The number of benzene rings is 2. The van der Waals surface area contributed by atoms with Crippen molar-refractivity contribution >= 4 is 15.7 Å². The van der Waals surface area contributed by atoms with Crippen molar-refractivity contribution in [3.05, 3.63) is 83.5 Å². The van der Waals surface area contributed by atoms with Gasteiger partial charge in [-0.05, 0) is 24.6 Å². The van der Waals surface area contributed by atoms with Gasteiger partial charge in [-0.25, -0.2) is 8.42 Å². The number of hydrogen-bond acceptors (Lipinski definition) is 6. The number of para-hydroxylation sites is 1. The minimum atomic E-state index is -3.29. The summed E-state index contributed by atoms with van der Waals surface area (Å²) in [5.74, 6) is 0.314. The van der Waals surface area contributed by atoms with Crippen molar-refractivity contribution in [3.63, 3.8) is 0 Å². The number of amides is 1. The number of carbonyl (C=O) groups is 1. The molecule has 0 unspecified atom stereocenters. The number of rotatable bonds is 9. The van der Waals surface area contributed by atoms with Crippen LogP contribution in [0.2, 0.25) is 0 Å². The van der Waals surface area contributed by atoms with Gasteiger partial charge >= 0.3 is 0 Å². The third-order valence-corrected chi connectivity index (χ3v) is 5.04. The van der Waals surface area contributed by atoms with E-state index in [1.807, 2.05) is 61.5 Å². The second-order valence-corrected chi connectivity index (χ2v) is 8.81. The van der Waals surface area contributed by atoms with Gasteiger partial charge in [0.25, 0.3) is 5.91 Å². The molecule has 1 heterocycles. The van der Waals surface area contributed by atoms with E-state index in [1.165, 1.54) is 11.0 Å². The third-order valence-electron chi connectivity index (χ3n) is 4.36. The molecule has 3 rings (SSSR count). The Bertz CT molecular complexity index is 1150. The van der Waals surface area contributed by atoms with Crippen LogP contribution in [0.25, 0.3) is 11.3 Å². The van der Waals surface area contributed by atoms with Crippen LogP contribution in [0.5, 0.6) is 5.75 Å². The van der Waals surface area contributed by atoms with E-state index in [-0.39, 0.29) is 12.3 Å². The topological polar surface area (TPSA) is 89.7 Å². The molecule has 0 fully saturated rings. The molecule has 0 saturated heterocycles. The van der Waals surface area contributed by atoms with E-state index in [9.17, 15) is 13.2 Å². The number of hydrogen-bond donors (Lipinski definition) is 0. The Morgan fingerprint density at radius 1 is 1.13 bits per heavy atom. The molecule has 1 amide bonds. The zero-order valence-corrected chi connectivity index (χ0v) is 18.2. The molecule has 0 saturated carbocycles. The summed E-state index contributed by atoms with van der Waals surface area (Å²) in [6.45, 7) is 2.78. The van der Waals surface area contributed by atoms with Crippen LogP contribution in [-0.2, 0) is 16.4 Å². The van der Waals surface area contributed by atoms with E-state index in [2.05, 4.69) is 5.16 Å². The Hall–Kier alpha value is -3.39. The number of aromatic nitrogens is 1. The summed E-state index contributed by atoms with van der Waals surface area (Å²) in [5.41, 5.74) is 2.11. The lowest BCUT2D eigenvalue weighted by Gasteiger charge is -2.19. The van der Waals surface area contributed by atoms with Gasteiger partial charge in [0.15, 0.2) is 9.84 Å². The maximum Gasteiger partial charge on any atom is 0.293 e. The van der Waals surface area contributed by atoms with Gasteiger partial charge in [0.2, 0.25) is 5.76 Å². The molecule has 0 spiro atoms. The van der Waals surface area contributed by atoms with Gasteiger partial charge in [-0.2, -0.15) is 0 Å². The summed E-state index contributed by atoms with van der Waals surface area (Å²) >= 11 is 0. The Labute approximate surface area is 181 Å².